The van der Waals surface area contributed by atoms with Gasteiger partial charge in [-0.25, -0.2) is 0 Å². The van der Waals surface area contributed by atoms with Crippen molar-refractivity contribution in [1.82, 2.24) is 15.1 Å². The molecule has 0 spiro atoms. The topological polar surface area (TPSA) is 85.2 Å². The smallest absolute Gasteiger partial charge is 0.257 e. The Morgan fingerprint density at radius 1 is 1.20 bits per heavy atom. The van der Waals surface area contributed by atoms with Gasteiger partial charge in [0.2, 0.25) is 11.8 Å². The molecule has 0 saturated heterocycles. The van der Waals surface area contributed by atoms with E-state index in [1.54, 1.807) is 23.5 Å². The Balaban J connectivity index is 1.67. The molecule has 2 heterocycles. The van der Waals surface area contributed by atoms with E-state index in [1.165, 1.54) is 0 Å². The summed E-state index contributed by atoms with van der Waals surface area (Å²) in [5.74, 6) is 0.752. The first-order valence-electron chi connectivity index (χ1n) is 8.13. The molecule has 130 valence electrons. The summed E-state index contributed by atoms with van der Waals surface area (Å²) in [6.07, 6.45) is 1.02. The van der Waals surface area contributed by atoms with Crippen molar-refractivity contribution in [3.05, 3.63) is 58.8 Å². The van der Waals surface area contributed by atoms with Gasteiger partial charge in [0.25, 0.3) is 5.89 Å². The van der Waals surface area contributed by atoms with Gasteiger partial charge < -0.3 is 10.2 Å². The van der Waals surface area contributed by atoms with E-state index in [4.69, 9.17) is 10.2 Å². The van der Waals surface area contributed by atoms with Crippen LogP contribution in [0.4, 0.5) is 0 Å². The molecule has 3 rings (SSSR count). The summed E-state index contributed by atoms with van der Waals surface area (Å²) in [4.78, 5) is 14.4. The molecule has 25 heavy (non-hydrogen) atoms. The first kappa shape index (κ1) is 17.3. The lowest BCUT2D eigenvalue weighted by Crippen LogP contribution is -2.24. The van der Waals surface area contributed by atoms with E-state index in [2.05, 4.69) is 22.0 Å². The fourth-order valence-corrected chi connectivity index (χ4v) is 3.22. The van der Waals surface area contributed by atoms with Crippen molar-refractivity contribution in [1.29, 1.82) is 0 Å². The molecule has 0 aliphatic rings. The van der Waals surface area contributed by atoms with Crippen LogP contribution in [-0.2, 0) is 13.1 Å². The third-order valence-corrected chi connectivity index (χ3v) is 4.60. The molecule has 0 aliphatic heterocycles. The Bertz CT molecular complexity index is 812. The summed E-state index contributed by atoms with van der Waals surface area (Å²) in [5.41, 5.74) is 6.91. The van der Waals surface area contributed by atoms with Crippen LogP contribution in [0, 0.1) is 0 Å². The summed E-state index contributed by atoms with van der Waals surface area (Å²) in [5, 5.41) is 10.3. The van der Waals surface area contributed by atoms with E-state index in [9.17, 15) is 4.79 Å². The zero-order chi connectivity index (χ0) is 17.6. The van der Waals surface area contributed by atoms with Crippen molar-refractivity contribution < 1.29 is 9.21 Å². The minimum atomic E-state index is -0.413. The van der Waals surface area contributed by atoms with Crippen molar-refractivity contribution in [2.75, 3.05) is 6.54 Å². The number of aromatic nitrogens is 2. The number of nitrogens with zero attached hydrogens (tertiary/aromatic N) is 3. The normalized spacial score (nSPS) is 11.1. The molecular formula is C18H20N4O2S. The third-order valence-electron chi connectivity index (χ3n) is 3.74. The highest BCUT2D eigenvalue weighted by atomic mass is 32.1. The number of nitrogens with two attached hydrogens (primary N) is 1. The Morgan fingerprint density at radius 3 is 2.64 bits per heavy atom. The fraction of sp³-hybridized carbons (Fsp3) is 0.278. The Morgan fingerprint density at radius 2 is 2.00 bits per heavy atom. The number of hydrogen-bond donors (Lipinski definition) is 1. The highest BCUT2D eigenvalue weighted by Gasteiger charge is 2.14. The predicted octanol–water partition coefficient (Wildman–Crippen LogP) is 3.31. The van der Waals surface area contributed by atoms with Crippen molar-refractivity contribution in [3.63, 3.8) is 0 Å². The third kappa shape index (κ3) is 4.52. The SMILES string of the molecule is CCCN(Cc1ccc(C(N)=O)cc1)Cc1nnc(-c2cccs2)o1. The minimum absolute atomic E-state index is 0.413. The highest BCUT2D eigenvalue weighted by Crippen LogP contribution is 2.23. The molecule has 0 aliphatic carbocycles. The second-order valence-corrected chi connectivity index (χ2v) is 6.70. The number of carbonyl (C=O) groups is 1. The zero-order valence-electron chi connectivity index (χ0n) is 14.0. The first-order chi connectivity index (χ1) is 12.2. The van der Waals surface area contributed by atoms with Gasteiger partial charge in [-0.05, 0) is 42.1 Å². The molecule has 0 saturated carbocycles. The van der Waals surface area contributed by atoms with Crippen LogP contribution in [0.15, 0.2) is 46.2 Å². The maximum absolute atomic E-state index is 11.2. The van der Waals surface area contributed by atoms with Gasteiger partial charge in [0.05, 0.1) is 11.4 Å². The average molecular weight is 356 g/mol. The van der Waals surface area contributed by atoms with E-state index < -0.39 is 5.91 Å². The van der Waals surface area contributed by atoms with Crippen molar-refractivity contribution in [2.24, 2.45) is 5.73 Å². The molecular weight excluding hydrogens is 336 g/mol. The van der Waals surface area contributed by atoms with Gasteiger partial charge >= 0.3 is 0 Å². The quantitative estimate of drug-likeness (QED) is 0.669. The van der Waals surface area contributed by atoms with Crippen LogP contribution >= 0.6 is 11.3 Å². The molecule has 2 N–H and O–H groups in total. The Labute approximate surface area is 150 Å². The minimum Gasteiger partial charge on any atom is -0.419 e. The number of primary amides is 1. The molecule has 7 heteroatoms. The number of benzene rings is 1. The molecule has 3 aromatic rings. The maximum Gasteiger partial charge on any atom is 0.257 e. The van der Waals surface area contributed by atoms with Gasteiger partial charge in [-0.15, -0.1) is 21.5 Å². The van der Waals surface area contributed by atoms with Gasteiger partial charge in [0.1, 0.15) is 0 Å². The number of carbonyl (C=O) groups excluding carboxylic acids is 1. The lowest BCUT2D eigenvalue weighted by Gasteiger charge is -2.19. The number of amides is 1. The van der Waals surface area contributed by atoms with Crippen LogP contribution < -0.4 is 5.73 Å². The second kappa shape index (κ2) is 8.04. The zero-order valence-corrected chi connectivity index (χ0v) is 14.8. The van der Waals surface area contributed by atoms with Gasteiger partial charge in [0, 0.05) is 12.1 Å². The van der Waals surface area contributed by atoms with Crippen molar-refractivity contribution in [3.8, 4) is 10.8 Å². The number of rotatable bonds is 8. The molecule has 0 bridgehead atoms. The maximum atomic E-state index is 11.2. The van der Waals surface area contributed by atoms with E-state index in [0.29, 0.717) is 23.9 Å². The number of thiophene rings is 1. The molecule has 0 radical (unpaired) electrons. The van der Waals surface area contributed by atoms with Crippen LogP contribution in [0.2, 0.25) is 0 Å². The predicted molar refractivity (Wildman–Crippen MR) is 97.0 cm³/mol. The summed E-state index contributed by atoms with van der Waals surface area (Å²) in [6.45, 7) is 4.37. The molecule has 1 aromatic carbocycles. The molecule has 0 fully saturated rings. The van der Waals surface area contributed by atoms with Gasteiger partial charge in [-0.3, -0.25) is 9.69 Å². The molecule has 0 atom stereocenters. The van der Waals surface area contributed by atoms with Crippen LogP contribution in [0.3, 0.4) is 0 Å². The molecule has 6 nitrogen and oxygen atoms in total. The van der Waals surface area contributed by atoms with E-state index >= 15 is 0 Å². The van der Waals surface area contributed by atoms with Crippen LogP contribution in [0.1, 0.15) is 35.2 Å². The monoisotopic (exact) mass is 356 g/mol. The second-order valence-electron chi connectivity index (χ2n) is 5.75. The largest absolute Gasteiger partial charge is 0.419 e. The van der Waals surface area contributed by atoms with Gasteiger partial charge in [0.15, 0.2) is 0 Å². The van der Waals surface area contributed by atoms with Crippen LogP contribution in [0.25, 0.3) is 10.8 Å². The highest BCUT2D eigenvalue weighted by molar-refractivity contribution is 7.13. The summed E-state index contributed by atoms with van der Waals surface area (Å²) in [6, 6.07) is 11.3. The standard InChI is InChI=1S/C18H20N4O2S/c1-2-9-22(11-13-5-7-14(8-6-13)17(19)23)12-16-20-21-18(24-16)15-4-3-10-25-15/h3-8,10H,2,9,11-12H2,1H3,(H2,19,23). The summed E-state index contributed by atoms with van der Waals surface area (Å²) in [7, 11) is 0. The van der Waals surface area contributed by atoms with E-state index in [-0.39, 0.29) is 0 Å². The lowest BCUT2D eigenvalue weighted by atomic mass is 10.1. The summed E-state index contributed by atoms with van der Waals surface area (Å²) >= 11 is 1.58. The first-order valence-corrected chi connectivity index (χ1v) is 9.01. The Hall–Kier alpha value is -2.51. The fourth-order valence-electron chi connectivity index (χ4n) is 2.57. The van der Waals surface area contributed by atoms with E-state index in [0.717, 1.165) is 30.0 Å². The average Bonchev–Trinajstić information content (AvgIpc) is 3.26. The number of hydrogen-bond acceptors (Lipinski definition) is 6. The van der Waals surface area contributed by atoms with Crippen molar-refractivity contribution >= 4 is 17.2 Å². The Kier molecular flexibility index (Phi) is 5.57. The van der Waals surface area contributed by atoms with Crippen LogP contribution in [-0.4, -0.2) is 27.5 Å². The lowest BCUT2D eigenvalue weighted by molar-refractivity contribution is 0.100. The molecule has 2 aromatic heterocycles. The van der Waals surface area contributed by atoms with Gasteiger partial charge in [-0.2, -0.15) is 0 Å². The summed E-state index contributed by atoms with van der Waals surface area (Å²) < 4.78 is 5.78. The van der Waals surface area contributed by atoms with Crippen LogP contribution in [0.5, 0.6) is 0 Å². The molecule has 1 amide bonds. The van der Waals surface area contributed by atoms with Gasteiger partial charge in [-0.1, -0.05) is 25.1 Å². The molecule has 0 unspecified atom stereocenters. The van der Waals surface area contributed by atoms with E-state index in [1.807, 2.05) is 29.6 Å². The van der Waals surface area contributed by atoms with Crippen molar-refractivity contribution in [2.45, 2.75) is 26.4 Å².